The van der Waals surface area contributed by atoms with E-state index in [9.17, 15) is 0 Å². The molecule has 1 N–H and O–H groups in total. The molecular weight excluding hydrogens is 443 g/mol. The highest BCUT2D eigenvalue weighted by atomic mass is 127. The highest BCUT2D eigenvalue weighted by Gasteiger charge is 2.22. The van der Waals surface area contributed by atoms with Crippen molar-refractivity contribution in [2.75, 3.05) is 24.5 Å². The van der Waals surface area contributed by atoms with Gasteiger partial charge in [0.05, 0.1) is 5.01 Å². The third-order valence-electron chi connectivity index (χ3n) is 4.20. The van der Waals surface area contributed by atoms with Gasteiger partial charge in [0.15, 0.2) is 5.96 Å². The van der Waals surface area contributed by atoms with Gasteiger partial charge in [-0.05, 0) is 51.2 Å². The van der Waals surface area contributed by atoms with Crippen LogP contribution in [0.15, 0.2) is 34.6 Å². The van der Waals surface area contributed by atoms with E-state index in [1.165, 1.54) is 16.3 Å². The Balaban J connectivity index is 0.00000225. The Bertz CT molecular complexity index is 698. The number of para-hydroxylation sites is 1. The molecule has 0 aliphatic carbocycles. The summed E-state index contributed by atoms with van der Waals surface area (Å²) in [5, 5.41) is 6.82. The maximum absolute atomic E-state index is 4.85. The second-order valence-corrected chi connectivity index (χ2v) is 7.05. The monoisotopic (exact) mass is 470 g/mol. The van der Waals surface area contributed by atoms with Gasteiger partial charge in [0, 0.05) is 36.4 Å². The molecule has 1 aliphatic heterocycles. The maximum Gasteiger partial charge on any atom is 0.198 e. The minimum absolute atomic E-state index is 0. The summed E-state index contributed by atoms with van der Waals surface area (Å²) in [4.78, 5) is 11.7. The smallest absolute Gasteiger partial charge is 0.198 e. The predicted molar refractivity (Wildman–Crippen MR) is 119 cm³/mol. The lowest BCUT2D eigenvalue weighted by atomic mass is 10.2. The van der Waals surface area contributed by atoms with Gasteiger partial charge in [0.2, 0.25) is 0 Å². The van der Waals surface area contributed by atoms with Gasteiger partial charge >= 0.3 is 0 Å². The molecule has 1 aliphatic rings. The molecule has 1 aromatic carbocycles. The van der Waals surface area contributed by atoms with Crippen molar-refractivity contribution in [3.8, 4) is 0 Å². The van der Waals surface area contributed by atoms with Gasteiger partial charge in [-0.1, -0.05) is 18.2 Å². The van der Waals surface area contributed by atoms with E-state index in [2.05, 4.69) is 58.7 Å². The zero-order valence-corrected chi connectivity index (χ0v) is 18.1. The third-order valence-corrected chi connectivity index (χ3v) is 5.23. The first kappa shape index (κ1) is 20.2. The second kappa shape index (κ2) is 10.1. The van der Waals surface area contributed by atoms with Crippen LogP contribution < -0.4 is 10.2 Å². The summed E-state index contributed by atoms with van der Waals surface area (Å²) >= 11 is 1.77. The average Bonchev–Trinajstić information content (AvgIpc) is 3.20. The number of benzene rings is 1. The molecule has 3 rings (SSSR count). The molecule has 0 spiro atoms. The number of hydrogen-bond donors (Lipinski definition) is 1. The largest absolute Gasteiger partial charge is 0.356 e. The number of hydrogen-bond acceptors (Lipinski definition) is 3. The summed E-state index contributed by atoms with van der Waals surface area (Å²) in [6.45, 7) is 6.97. The topological polar surface area (TPSA) is 40.5 Å². The van der Waals surface area contributed by atoms with Gasteiger partial charge in [-0.25, -0.2) is 4.98 Å². The quantitative estimate of drug-likeness (QED) is 0.294. The lowest BCUT2D eigenvalue weighted by Crippen LogP contribution is -2.40. The lowest BCUT2D eigenvalue weighted by molar-refractivity contribution is 0.735. The van der Waals surface area contributed by atoms with Crippen molar-refractivity contribution < 1.29 is 0 Å². The van der Waals surface area contributed by atoms with Crippen LogP contribution in [0.2, 0.25) is 0 Å². The number of nitrogens with one attached hydrogen (secondary N) is 1. The molecule has 0 atom stereocenters. The van der Waals surface area contributed by atoms with E-state index in [1.54, 1.807) is 11.3 Å². The lowest BCUT2D eigenvalue weighted by Gasteiger charge is -2.22. The molecule has 0 saturated carbocycles. The summed E-state index contributed by atoms with van der Waals surface area (Å²) in [7, 11) is 0. The van der Waals surface area contributed by atoms with Crippen LogP contribution in [0.4, 0.5) is 5.69 Å². The molecule has 6 heteroatoms. The summed E-state index contributed by atoms with van der Waals surface area (Å²) < 4.78 is 0. The number of unbranched alkanes of at least 4 members (excludes halogenated alkanes) is 1. The molecule has 0 radical (unpaired) electrons. The number of anilines is 1. The zero-order chi connectivity index (χ0) is 16.8. The standard InChI is InChI=1S/C19H26N4S.HI/c1-3-20-19(23-13-11-16-8-4-5-9-17(16)23)21-12-7-6-10-18-22-15(2)14-24-18;/h4-5,8-9,14H,3,6-7,10-13H2,1-2H3,(H,20,21);1H. The van der Waals surface area contributed by atoms with Crippen molar-refractivity contribution >= 4 is 47.0 Å². The fraction of sp³-hybridized carbons (Fsp3) is 0.474. The predicted octanol–water partition coefficient (Wildman–Crippen LogP) is 4.42. The van der Waals surface area contributed by atoms with Crippen molar-refractivity contribution in [1.29, 1.82) is 0 Å². The molecule has 0 bridgehead atoms. The van der Waals surface area contributed by atoms with Crippen molar-refractivity contribution in [2.24, 2.45) is 4.99 Å². The Morgan fingerprint density at radius 2 is 2.16 bits per heavy atom. The van der Waals surface area contributed by atoms with Crippen molar-refractivity contribution in [3.05, 3.63) is 45.9 Å². The van der Waals surface area contributed by atoms with Crippen LogP contribution in [0.3, 0.4) is 0 Å². The van der Waals surface area contributed by atoms with Gasteiger partial charge in [0.1, 0.15) is 0 Å². The molecule has 0 fully saturated rings. The molecule has 4 nitrogen and oxygen atoms in total. The van der Waals surface area contributed by atoms with Crippen LogP contribution in [0.25, 0.3) is 0 Å². The van der Waals surface area contributed by atoms with Gasteiger partial charge < -0.3 is 10.2 Å². The molecule has 0 saturated heterocycles. The Morgan fingerprint density at radius 1 is 1.32 bits per heavy atom. The molecule has 25 heavy (non-hydrogen) atoms. The first-order chi connectivity index (χ1) is 11.8. The Kier molecular flexibility index (Phi) is 8.15. The fourth-order valence-corrected chi connectivity index (χ4v) is 3.86. The van der Waals surface area contributed by atoms with Crippen LogP contribution in [-0.2, 0) is 12.8 Å². The first-order valence-electron chi connectivity index (χ1n) is 8.82. The Morgan fingerprint density at radius 3 is 2.92 bits per heavy atom. The van der Waals surface area contributed by atoms with E-state index in [1.807, 2.05) is 0 Å². The minimum atomic E-state index is 0. The normalized spacial score (nSPS) is 13.5. The van der Waals surface area contributed by atoms with Crippen LogP contribution in [0.5, 0.6) is 0 Å². The minimum Gasteiger partial charge on any atom is -0.356 e. The maximum atomic E-state index is 4.85. The van der Waals surface area contributed by atoms with Crippen LogP contribution in [0, 0.1) is 6.92 Å². The average molecular weight is 470 g/mol. The van der Waals surface area contributed by atoms with Crippen LogP contribution in [0.1, 0.15) is 36.0 Å². The first-order valence-corrected chi connectivity index (χ1v) is 9.70. The summed E-state index contributed by atoms with van der Waals surface area (Å²) in [6, 6.07) is 8.64. The molecule has 2 aromatic rings. The van der Waals surface area contributed by atoms with Gasteiger partial charge in [0.25, 0.3) is 0 Å². The summed E-state index contributed by atoms with van der Waals surface area (Å²) in [5.74, 6) is 1.02. The fourth-order valence-electron chi connectivity index (χ4n) is 3.04. The van der Waals surface area contributed by atoms with Crippen molar-refractivity contribution in [1.82, 2.24) is 10.3 Å². The van der Waals surface area contributed by atoms with E-state index in [0.717, 1.165) is 57.0 Å². The molecular formula is C19H27IN4S. The summed E-state index contributed by atoms with van der Waals surface area (Å²) in [5.41, 5.74) is 3.85. The highest BCUT2D eigenvalue weighted by Crippen LogP contribution is 2.27. The van der Waals surface area contributed by atoms with Crippen molar-refractivity contribution in [2.45, 2.75) is 39.5 Å². The number of rotatable bonds is 6. The van der Waals surface area contributed by atoms with Gasteiger partial charge in [-0.3, -0.25) is 4.99 Å². The number of nitrogens with zero attached hydrogens (tertiary/aromatic N) is 3. The highest BCUT2D eigenvalue weighted by molar-refractivity contribution is 14.0. The summed E-state index contributed by atoms with van der Waals surface area (Å²) in [6.07, 6.45) is 4.41. The van der Waals surface area contributed by atoms with E-state index in [4.69, 9.17) is 4.99 Å². The molecule has 136 valence electrons. The van der Waals surface area contributed by atoms with E-state index in [-0.39, 0.29) is 24.0 Å². The third kappa shape index (κ3) is 5.41. The van der Waals surface area contributed by atoms with Gasteiger partial charge in [-0.15, -0.1) is 35.3 Å². The van der Waals surface area contributed by atoms with Crippen LogP contribution in [-0.4, -0.2) is 30.6 Å². The zero-order valence-electron chi connectivity index (χ0n) is 15.0. The number of thiazole rings is 1. The van der Waals surface area contributed by atoms with Crippen molar-refractivity contribution in [3.63, 3.8) is 0 Å². The molecule has 2 heterocycles. The van der Waals surface area contributed by atoms with Crippen LogP contribution >= 0.6 is 35.3 Å². The Labute approximate surface area is 171 Å². The second-order valence-electron chi connectivity index (χ2n) is 6.11. The number of aliphatic imine (C=N–C) groups is 1. The number of aryl methyl sites for hydroxylation is 2. The van der Waals surface area contributed by atoms with E-state index < -0.39 is 0 Å². The van der Waals surface area contributed by atoms with Gasteiger partial charge in [-0.2, -0.15) is 0 Å². The molecule has 0 unspecified atom stereocenters. The number of aromatic nitrogens is 1. The number of fused-ring (bicyclic) bond motifs is 1. The molecule has 1 aromatic heterocycles. The number of halogens is 1. The van der Waals surface area contributed by atoms with E-state index in [0.29, 0.717) is 0 Å². The van der Waals surface area contributed by atoms with E-state index >= 15 is 0 Å². The SMILES string of the molecule is CCNC(=NCCCCc1nc(C)cs1)N1CCc2ccccc21.I. The number of guanidine groups is 1. The molecule has 0 amide bonds. The Hall–Kier alpha value is -1.15.